The van der Waals surface area contributed by atoms with Gasteiger partial charge in [0.25, 0.3) is 0 Å². The van der Waals surface area contributed by atoms with Crippen LogP contribution in [-0.4, -0.2) is 45.1 Å². The Bertz CT molecular complexity index is 1000. The Balaban J connectivity index is 1.57. The van der Waals surface area contributed by atoms with Gasteiger partial charge in [0, 0.05) is 18.1 Å². The summed E-state index contributed by atoms with van der Waals surface area (Å²) >= 11 is 5.97. The van der Waals surface area contributed by atoms with Gasteiger partial charge in [-0.05, 0) is 67.7 Å². The molecule has 1 heterocycles. The van der Waals surface area contributed by atoms with Crippen LogP contribution in [0.1, 0.15) is 36.0 Å². The van der Waals surface area contributed by atoms with Gasteiger partial charge >= 0.3 is 0 Å². The third-order valence-electron chi connectivity index (χ3n) is 5.48. The van der Waals surface area contributed by atoms with Crippen molar-refractivity contribution in [3.8, 4) is 0 Å². The number of anilines is 1. The monoisotopic (exact) mass is 463 g/mol. The SMILES string of the molecule is Cc1cc(Cl)ccc1N(CC(=O)NCc1ccc(CN2CCCCC2)cc1)S(C)(=O)=O. The van der Waals surface area contributed by atoms with E-state index in [0.717, 1.165) is 35.8 Å². The number of nitrogens with one attached hydrogen (secondary N) is 1. The zero-order valence-electron chi connectivity index (χ0n) is 18.1. The molecule has 168 valence electrons. The minimum Gasteiger partial charge on any atom is -0.350 e. The van der Waals surface area contributed by atoms with E-state index in [2.05, 4.69) is 22.3 Å². The van der Waals surface area contributed by atoms with E-state index in [9.17, 15) is 13.2 Å². The van der Waals surface area contributed by atoms with Gasteiger partial charge in [-0.25, -0.2) is 8.42 Å². The van der Waals surface area contributed by atoms with E-state index >= 15 is 0 Å². The minimum atomic E-state index is -3.63. The van der Waals surface area contributed by atoms with Crippen LogP contribution in [0.15, 0.2) is 42.5 Å². The van der Waals surface area contributed by atoms with Crippen molar-refractivity contribution in [2.75, 3.05) is 30.2 Å². The summed E-state index contributed by atoms with van der Waals surface area (Å²) in [4.78, 5) is 15.0. The zero-order valence-corrected chi connectivity index (χ0v) is 19.7. The van der Waals surface area contributed by atoms with E-state index in [1.807, 2.05) is 12.1 Å². The Labute approximate surface area is 190 Å². The molecule has 2 aromatic rings. The van der Waals surface area contributed by atoms with Crippen molar-refractivity contribution < 1.29 is 13.2 Å². The second-order valence-electron chi connectivity index (χ2n) is 8.13. The van der Waals surface area contributed by atoms with Crippen LogP contribution < -0.4 is 9.62 Å². The molecular formula is C23H30ClN3O3S. The number of nitrogens with zero attached hydrogens (tertiary/aromatic N) is 2. The standard InChI is InChI=1S/C23H30ClN3O3S/c1-18-14-21(24)10-11-22(18)27(31(2,29)30)17-23(28)25-15-19-6-8-20(9-7-19)16-26-12-4-3-5-13-26/h6-11,14H,3-5,12-13,15-17H2,1-2H3,(H,25,28). The number of halogens is 1. The van der Waals surface area contributed by atoms with Gasteiger partial charge in [-0.1, -0.05) is 42.3 Å². The summed E-state index contributed by atoms with van der Waals surface area (Å²) in [6.45, 7) is 5.09. The molecule has 31 heavy (non-hydrogen) atoms. The lowest BCUT2D eigenvalue weighted by atomic mass is 10.1. The van der Waals surface area contributed by atoms with Gasteiger partial charge in [0.15, 0.2) is 0 Å². The van der Waals surface area contributed by atoms with Crippen LogP contribution in [0.25, 0.3) is 0 Å². The first-order chi connectivity index (χ1) is 14.7. The van der Waals surface area contributed by atoms with Crippen LogP contribution in [0.4, 0.5) is 5.69 Å². The molecule has 1 aliphatic heterocycles. The minimum absolute atomic E-state index is 0.283. The van der Waals surface area contributed by atoms with Gasteiger partial charge in [0.2, 0.25) is 15.9 Å². The first-order valence-electron chi connectivity index (χ1n) is 10.5. The van der Waals surface area contributed by atoms with Crippen molar-refractivity contribution in [3.63, 3.8) is 0 Å². The van der Waals surface area contributed by atoms with Gasteiger partial charge < -0.3 is 5.32 Å². The first-order valence-corrected chi connectivity index (χ1v) is 12.8. The van der Waals surface area contributed by atoms with Gasteiger partial charge in [0.05, 0.1) is 11.9 Å². The third kappa shape index (κ3) is 6.95. The lowest BCUT2D eigenvalue weighted by molar-refractivity contribution is -0.119. The Morgan fingerprint density at radius 3 is 2.32 bits per heavy atom. The van der Waals surface area contributed by atoms with Gasteiger partial charge in [-0.3, -0.25) is 14.0 Å². The summed E-state index contributed by atoms with van der Waals surface area (Å²) in [5.41, 5.74) is 3.38. The number of sulfonamides is 1. The smallest absolute Gasteiger partial charge is 0.241 e. The van der Waals surface area contributed by atoms with Crippen molar-refractivity contribution in [1.82, 2.24) is 10.2 Å². The topological polar surface area (TPSA) is 69.7 Å². The van der Waals surface area contributed by atoms with E-state index in [-0.39, 0.29) is 12.5 Å². The Hall–Kier alpha value is -2.09. The van der Waals surface area contributed by atoms with E-state index < -0.39 is 10.0 Å². The van der Waals surface area contributed by atoms with E-state index in [4.69, 9.17) is 11.6 Å². The molecule has 1 saturated heterocycles. The maximum absolute atomic E-state index is 12.5. The summed E-state index contributed by atoms with van der Waals surface area (Å²) in [6.07, 6.45) is 4.95. The van der Waals surface area contributed by atoms with Crippen molar-refractivity contribution in [1.29, 1.82) is 0 Å². The van der Waals surface area contributed by atoms with E-state index in [1.165, 1.54) is 24.8 Å². The first kappa shape index (κ1) is 23.6. The fourth-order valence-electron chi connectivity index (χ4n) is 3.80. The molecule has 1 aliphatic rings. The molecule has 0 aromatic heterocycles. The number of likely N-dealkylation sites (tertiary alicyclic amines) is 1. The number of amides is 1. The van der Waals surface area contributed by atoms with Crippen molar-refractivity contribution in [2.24, 2.45) is 0 Å². The lowest BCUT2D eigenvalue weighted by Crippen LogP contribution is -2.40. The van der Waals surface area contributed by atoms with Crippen molar-refractivity contribution in [3.05, 3.63) is 64.2 Å². The van der Waals surface area contributed by atoms with Crippen LogP contribution in [0.3, 0.4) is 0 Å². The summed E-state index contributed by atoms with van der Waals surface area (Å²) < 4.78 is 25.7. The Morgan fingerprint density at radius 2 is 1.71 bits per heavy atom. The van der Waals surface area contributed by atoms with Gasteiger partial charge in [-0.2, -0.15) is 0 Å². The molecule has 1 N–H and O–H groups in total. The molecule has 6 nitrogen and oxygen atoms in total. The molecule has 0 unspecified atom stereocenters. The number of carbonyl (C=O) groups is 1. The number of rotatable bonds is 8. The zero-order chi connectivity index (χ0) is 22.4. The number of carbonyl (C=O) groups excluding carboxylic acids is 1. The summed E-state index contributed by atoms with van der Waals surface area (Å²) in [6, 6.07) is 13.1. The van der Waals surface area contributed by atoms with Crippen LogP contribution in [0.2, 0.25) is 5.02 Å². The molecule has 1 fully saturated rings. The molecule has 2 aromatic carbocycles. The average Bonchev–Trinajstić information content (AvgIpc) is 2.72. The van der Waals surface area contributed by atoms with Crippen molar-refractivity contribution >= 4 is 33.2 Å². The van der Waals surface area contributed by atoms with Crippen LogP contribution in [-0.2, 0) is 27.9 Å². The fourth-order valence-corrected chi connectivity index (χ4v) is 4.95. The molecule has 0 saturated carbocycles. The van der Waals surface area contributed by atoms with Gasteiger partial charge in [-0.15, -0.1) is 0 Å². The second-order valence-corrected chi connectivity index (χ2v) is 10.5. The van der Waals surface area contributed by atoms with E-state index in [0.29, 0.717) is 22.8 Å². The Morgan fingerprint density at radius 1 is 1.06 bits per heavy atom. The number of aryl methyl sites for hydroxylation is 1. The Kier molecular flexibility index (Phi) is 7.97. The molecule has 1 amide bonds. The number of piperidine rings is 1. The maximum atomic E-state index is 12.5. The van der Waals surface area contributed by atoms with Crippen LogP contribution in [0.5, 0.6) is 0 Å². The largest absolute Gasteiger partial charge is 0.350 e. The summed E-state index contributed by atoms with van der Waals surface area (Å²) in [5, 5.41) is 3.34. The van der Waals surface area contributed by atoms with Crippen LogP contribution in [0, 0.1) is 6.92 Å². The normalized spacial score (nSPS) is 14.9. The predicted octanol–water partition coefficient (Wildman–Crippen LogP) is 3.72. The van der Waals surface area contributed by atoms with Crippen molar-refractivity contribution in [2.45, 2.75) is 39.3 Å². The molecule has 0 radical (unpaired) electrons. The quantitative estimate of drug-likeness (QED) is 0.647. The molecule has 3 rings (SSSR count). The number of hydrogen-bond acceptors (Lipinski definition) is 4. The van der Waals surface area contributed by atoms with Crippen LogP contribution >= 0.6 is 11.6 Å². The van der Waals surface area contributed by atoms with Gasteiger partial charge in [0.1, 0.15) is 6.54 Å². The number of hydrogen-bond donors (Lipinski definition) is 1. The average molecular weight is 464 g/mol. The molecule has 8 heteroatoms. The molecule has 0 spiro atoms. The second kappa shape index (κ2) is 10.5. The molecule has 0 bridgehead atoms. The molecular weight excluding hydrogens is 434 g/mol. The summed E-state index contributed by atoms with van der Waals surface area (Å²) in [7, 11) is -3.63. The highest BCUT2D eigenvalue weighted by molar-refractivity contribution is 7.92. The highest BCUT2D eigenvalue weighted by Crippen LogP contribution is 2.25. The maximum Gasteiger partial charge on any atom is 0.241 e. The summed E-state index contributed by atoms with van der Waals surface area (Å²) in [5.74, 6) is -0.364. The molecule has 0 atom stereocenters. The molecule has 0 aliphatic carbocycles. The third-order valence-corrected chi connectivity index (χ3v) is 6.84. The highest BCUT2D eigenvalue weighted by atomic mass is 35.5. The van der Waals surface area contributed by atoms with E-state index in [1.54, 1.807) is 25.1 Å². The predicted molar refractivity (Wildman–Crippen MR) is 126 cm³/mol. The fraction of sp³-hybridized carbons (Fsp3) is 0.435. The number of benzene rings is 2. The highest BCUT2D eigenvalue weighted by Gasteiger charge is 2.22. The lowest BCUT2D eigenvalue weighted by Gasteiger charge is -2.26.